The molecule has 1 saturated heterocycles. The Balaban J connectivity index is 1.72. The van der Waals surface area contributed by atoms with E-state index in [2.05, 4.69) is 10.6 Å². The summed E-state index contributed by atoms with van der Waals surface area (Å²) in [5.41, 5.74) is 0.885. The van der Waals surface area contributed by atoms with Crippen LogP contribution in [0.3, 0.4) is 0 Å². The number of nitrogens with one attached hydrogen (secondary N) is 2. The zero-order valence-corrected chi connectivity index (χ0v) is 15.5. The summed E-state index contributed by atoms with van der Waals surface area (Å²) in [6.45, 7) is 2.06. The van der Waals surface area contributed by atoms with Gasteiger partial charge in [-0.1, -0.05) is 0 Å². The lowest BCUT2D eigenvalue weighted by Gasteiger charge is -2.28. The molecular weight excluding hydrogens is 387 g/mol. The van der Waals surface area contributed by atoms with Crippen LogP contribution in [0, 0.1) is 15.9 Å². The van der Waals surface area contributed by atoms with E-state index in [0.29, 0.717) is 37.7 Å². The second-order valence-electron chi connectivity index (χ2n) is 5.98. The van der Waals surface area contributed by atoms with Crippen LogP contribution in [0.15, 0.2) is 42.5 Å². The molecule has 0 aromatic heterocycles. The molecule has 1 heterocycles. The molecule has 8 nitrogen and oxygen atoms in total. The number of carbonyl (C=O) groups is 1. The Morgan fingerprint density at radius 1 is 1.18 bits per heavy atom. The van der Waals surface area contributed by atoms with Crippen molar-refractivity contribution in [1.29, 1.82) is 0 Å². The molecule has 28 heavy (non-hydrogen) atoms. The minimum Gasteiger partial charge on any atom is -0.378 e. The van der Waals surface area contributed by atoms with E-state index < -0.39 is 16.6 Å². The topological polar surface area (TPSA) is 96.7 Å². The zero-order valence-electron chi connectivity index (χ0n) is 14.7. The molecular formula is C18H17FN4O4S. The number of carbonyl (C=O) groups excluding carboxylic acids is 1. The number of nitro benzene ring substituents is 1. The number of nitro groups is 1. The van der Waals surface area contributed by atoms with Gasteiger partial charge < -0.3 is 15.0 Å². The molecule has 0 atom stereocenters. The van der Waals surface area contributed by atoms with Crippen LogP contribution < -0.4 is 15.5 Å². The third-order valence-electron chi connectivity index (χ3n) is 4.12. The quantitative estimate of drug-likeness (QED) is 0.459. The molecule has 1 aliphatic rings. The molecule has 0 aliphatic carbocycles. The number of morpholine rings is 1. The Morgan fingerprint density at radius 3 is 2.50 bits per heavy atom. The standard InChI is InChI=1S/C18H17FN4O4S/c19-13-2-4-14(5-3-13)20-18(28)21-17(24)12-1-6-15(16(11-12)23(25)26)22-7-9-27-10-8-22/h1-6,11H,7-10H2,(H2,20,21,24,28). The van der Waals surface area contributed by atoms with Crippen molar-refractivity contribution in [2.75, 3.05) is 36.5 Å². The molecule has 2 N–H and O–H groups in total. The van der Waals surface area contributed by atoms with Crippen molar-refractivity contribution in [3.63, 3.8) is 0 Å². The fraction of sp³-hybridized carbons (Fsp3) is 0.222. The van der Waals surface area contributed by atoms with Crippen LogP contribution in [0.2, 0.25) is 0 Å². The van der Waals surface area contributed by atoms with Crippen molar-refractivity contribution < 1.29 is 18.8 Å². The predicted octanol–water partition coefficient (Wildman–Crippen LogP) is 2.70. The first-order valence-corrected chi connectivity index (χ1v) is 8.84. The number of anilines is 2. The maximum Gasteiger partial charge on any atom is 0.293 e. The highest BCUT2D eigenvalue weighted by Gasteiger charge is 2.23. The maximum atomic E-state index is 12.9. The highest BCUT2D eigenvalue weighted by atomic mass is 32.1. The second-order valence-corrected chi connectivity index (χ2v) is 6.38. The van der Waals surface area contributed by atoms with Crippen LogP contribution in [0.25, 0.3) is 0 Å². The van der Waals surface area contributed by atoms with Crippen molar-refractivity contribution in [2.24, 2.45) is 0 Å². The number of amides is 1. The third-order valence-corrected chi connectivity index (χ3v) is 4.32. The molecule has 1 fully saturated rings. The monoisotopic (exact) mass is 404 g/mol. The van der Waals surface area contributed by atoms with E-state index in [1.165, 1.54) is 36.4 Å². The summed E-state index contributed by atoms with van der Waals surface area (Å²) in [6.07, 6.45) is 0. The summed E-state index contributed by atoms with van der Waals surface area (Å²) in [4.78, 5) is 25.2. The average Bonchev–Trinajstić information content (AvgIpc) is 2.69. The SMILES string of the molecule is O=C(NC(=S)Nc1ccc(F)cc1)c1ccc(N2CCOCC2)c([N+](=O)[O-])c1. The first-order valence-electron chi connectivity index (χ1n) is 8.43. The van der Waals surface area contributed by atoms with Gasteiger partial charge >= 0.3 is 0 Å². The van der Waals surface area contributed by atoms with E-state index in [-0.39, 0.29) is 16.4 Å². The smallest absolute Gasteiger partial charge is 0.293 e. The van der Waals surface area contributed by atoms with Gasteiger partial charge in [0.25, 0.3) is 11.6 Å². The van der Waals surface area contributed by atoms with Gasteiger partial charge in [0.2, 0.25) is 0 Å². The van der Waals surface area contributed by atoms with E-state index in [0.717, 1.165) is 0 Å². The summed E-state index contributed by atoms with van der Waals surface area (Å²) in [7, 11) is 0. The van der Waals surface area contributed by atoms with Crippen LogP contribution in [-0.4, -0.2) is 42.2 Å². The van der Waals surface area contributed by atoms with Gasteiger partial charge in [-0.15, -0.1) is 0 Å². The summed E-state index contributed by atoms with van der Waals surface area (Å²) in [5.74, 6) is -0.982. The summed E-state index contributed by atoms with van der Waals surface area (Å²) in [5, 5.41) is 16.7. The second kappa shape index (κ2) is 8.72. The number of thiocarbonyl (C=S) groups is 1. The molecule has 2 aromatic rings. The summed E-state index contributed by atoms with van der Waals surface area (Å²) < 4.78 is 18.2. The van der Waals surface area contributed by atoms with Crippen LogP contribution >= 0.6 is 12.2 Å². The largest absolute Gasteiger partial charge is 0.378 e. The number of hydrogen-bond acceptors (Lipinski definition) is 6. The molecule has 0 spiro atoms. The Hall–Kier alpha value is -3.11. The number of ether oxygens (including phenoxy) is 1. The highest BCUT2D eigenvalue weighted by molar-refractivity contribution is 7.80. The third kappa shape index (κ3) is 4.78. The fourth-order valence-electron chi connectivity index (χ4n) is 2.75. The number of halogens is 1. The van der Waals surface area contributed by atoms with Crippen LogP contribution in [0.5, 0.6) is 0 Å². The van der Waals surface area contributed by atoms with Gasteiger partial charge in [0.05, 0.1) is 18.1 Å². The van der Waals surface area contributed by atoms with E-state index in [9.17, 15) is 19.3 Å². The first-order chi connectivity index (χ1) is 13.4. The van der Waals surface area contributed by atoms with Gasteiger partial charge in [-0.2, -0.15) is 0 Å². The lowest BCUT2D eigenvalue weighted by Crippen LogP contribution is -2.37. The molecule has 0 saturated carbocycles. The zero-order chi connectivity index (χ0) is 20.1. The van der Waals surface area contributed by atoms with Gasteiger partial charge in [0, 0.05) is 30.4 Å². The molecule has 1 aliphatic heterocycles. The number of hydrogen-bond donors (Lipinski definition) is 2. The van der Waals surface area contributed by atoms with Crippen molar-refractivity contribution in [1.82, 2.24) is 5.32 Å². The Bertz CT molecular complexity index is 901. The van der Waals surface area contributed by atoms with E-state index in [1.807, 2.05) is 4.90 Å². The van der Waals surface area contributed by atoms with Gasteiger partial charge in [0.15, 0.2) is 5.11 Å². The van der Waals surface area contributed by atoms with E-state index >= 15 is 0 Å². The minimum atomic E-state index is -0.587. The molecule has 2 aromatic carbocycles. The van der Waals surface area contributed by atoms with Crippen molar-refractivity contribution in [3.8, 4) is 0 Å². The minimum absolute atomic E-state index is 0.00322. The maximum absolute atomic E-state index is 12.9. The van der Waals surface area contributed by atoms with Crippen LogP contribution in [0.1, 0.15) is 10.4 Å². The first kappa shape index (κ1) is 19.6. The molecule has 146 valence electrons. The van der Waals surface area contributed by atoms with Crippen molar-refractivity contribution in [3.05, 3.63) is 64.0 Å². The van der Waals surface area contributed by atoms with Crippen LogP contribution in [-0.2, 0) is 4.74 Å². The van der Waals surface area contributed by atoms with Crippen LogP contribution in [0.4, 0.5) is 21.5 Å². The molecule has 0 bridgehead atoms. The fourth-order valence-corrected chi connectivity index (χ4v) is 2.96. The Morgan fingerprint density at radius 2 is 1.86 bits per heavy atom. The Labute approximate surface area is 165 Å². The number of rotatable bonds is 4. The molecule has 1 amide bonds. The lowest BCUT2D eigenvalue weighted by molar-refractivity contribution is -0.384. The number of benzene rings is 2. The van der Waals surface area contributed by atoms with Crippen molar-refractivity contribution >= 4 is 40.3 Å². The summed E-state index contributed by atoms with van der Waals surface area (Å²) in [6, 6.07) is 9.72. The molecule has 3 rings (SSSR count). The molecule has 0 unspecified atom stereocenters. The lowest BCUT2D eigenvalue weighted by atomic mass is 10.1. The van der Waals surface area contributed by atoms with Crippen molar-refractivity contribution in [2.45, 2.75) is 0 Å². The normalized spacial score (nSPS) is 13.7. The van der Waals surface area contributed by atoms with Gasteiger partial charge in [-0.05, 0) is 48.6 Å². The molecule has 0 radical (unpaired) electrons. The van der Waals surface area contributed by atoms with E-state index in [4.69, 9.17) is 17.0 Å². The van der Waals surface area contributed by atoms with Gasteiger partial charge in [0.1, 0.15) is 11.5 Å². The van der Waals surface area contributed by atoms with Gasteiger partial charge in [-0.3, -0.25) is 20.2 Å². The Kier molecular flexibility index (Phi) is 6.12. The number of nitrogens with zero attached hydrogens (tertiary/aromatic N) is 2. The average molecular weight is 404 g/mol. The highest BCUT2D eigenvalue weighted by Crippen LogP contribution is 2.29. The molecule has 10 heteroatoms. The van der Waals surface area contributed by atoms with Gasteiger partial charge in [-0.25, -0.2) is 4.39 Å². The van der Waals surface area contributed by atoms with E-state index in [1.54, 1.807) is 6.07 Å². The summed E-state index contributed by atoms with van der Waals surface area (Å²) >= 11 is 5.06. The predicted molar refractivity (Wildman–Crippen MR) is 106 cm³/mol.